The van der Waals surface area contributed by atoms with Gasteiger partial charge in [-0.3, -0.25) is 9.48 Å². The summed E-state index contributed by atoms with van der Waals surface area (Å²) in [5.41, 5.74) is 1.49. The highest BCUT2D eigenvalue weighted by Gasteiger charge is 2.15. The van der Waals surface area contributed by atoms with Gasteiger partial charge in [0.05, 0.1) is 6.61 Å². The fraction of sp³-hybridized carbons (Fsp3) is 0.333. The lowest BCUT2D eigenvalue weighted by molar-refractivity contribution is -0.0514. The third-order valence-corrected chi connectivity index (χ3v) is 3.06. The summed E-state index contributed by atoms with van der Waals surface area (Å²) in [6, 6.07) is 5.84. The minimum Gasteiger partial charge on any atom is -0.490 e. The normalized spacial score (nSPS) is 10.7. The van der Waals surface area contributed by atoms with Gasteiger partial charge in [-0.15, -0.1) is 0 Å². The van der Waals surface area contributed by atoms with Gasteiger partial charge in [0.1, 0.15) is 0 Å². The second kappa shape index (κ2) is 7.08. The predicted octanol–water partition coefficient (Wildman–Crippen LogP) is 2.98. The fourth-order valence-corrected chi connectivity index (χ4v) is 1.91. The minimum atomic E-state index is -2.95. The first-order chi connectivity index (χ1) is 10.9. The van der Waals surface area contributed by atoms with Gasteiger partial charge in [-0.1, -0.05) is 0 Å². The van der Waals surface area contributed by atoms with Crippen molar-refractivity contribution in [2.75, 3.05) is 11.9 Å². The van der Waals surface area contributed by atoms with Crippen LogP contribution in [0.15, 0.2) is 24.3 Å². The number of ether oxygens (including phenoxy) is 2. The summed E-state index contributed by atoms with van der Waals surface area (Å²) >= 11 is 0. The van der Waals surface area contributed by atoms with Gasteiger partial charge >= 0.3 is 6.61 Å². The standard InChI is InChI=1S/C15H17F2N3O3/c1-4-22-13-8-10(5-6-12(13)23-15(16)17)18-14(21)11-7-9(2)20(3)19-11/h5-8,15H,4H2,1-3H3,(H,18,21). The molecule has 0 spiro atoms. The topological polar surface area (TPSA) is 65.4 Å². The Balaban J connectivity index is 2.19. The number of aromatic nitrogens is 2. The molecule has 124 valence electrons. The monoisotopic (exact) mass is 325 g/mol. The molecule has 1 amide bonds. The van der Waals surface area contributed by atoms with Gasteiger partial charge in [-0.05, 0) is 32.0 Å². The molecule has 23 heavy (non-hydrogen) atoms. The van der Waals surface area contributed by atoms with E-state index >= 15 is 0 Å². The lowest BCUT2D eigenvalue weighted by Gasteiger charge is -2.13. The highest BCUT2D eigenvalue weighted by Crippen LogP contribution is 2.31. The Kier molecular flexibility index (Phi) is 5.15. The van der Waals surface area contributed by atoms with E-state index in [0.29, 0.717) is 5.69 Å². The Morgan fingerprint density at radius 2 is 2.09 bits per heavy atom. The average Bonchev–Trinajstić information content (AvgIpc) is 2.81. The van der Waals surface area contributed by atoms with Crippen molar-refractivity contribution in [1.82, 2.24) is 9.78 Å². The molecule has 0 aliphatic heterocycles. The van der Waals surface area contributed by atoms with Crippen LogP contribution in [0.25, 0.3) is 0 Å². The molecule has 1 aromatic carbocycles. The van der Waals surface area contributed by atoms with Crippen molar-refractivity contribution in [2.45, 2.75) is 20.5 Å². The largest absolute Gasteiger partial charge is 0.490 e. The lowest BCUT2D eigenvalue weighted by Crippen LogP contribution is -2.13. The van der Waals surface area contributed by atoms with Crippen LogP contribution in [0.5, 0.6) is 11.5 Å². The number of aryl methyl sites for hydroxylation is 2. The van der Waals surface area contributed by atoms with Gasteiger partial charge in [-0.25, -0.2) is 0 Å². The van der Waals surface area contributed by atoms with Crippen LogP contribution in [0.2, 0.25) is 0 Å². The van der Waals surface area contributed by atoms with Crippen molar-refractivity contribution < 1.29 is 23.0 Å². The summed E-state index contributed by atoms with van der Waals surface area (Å²) in [4.78, 5) is 12.1. The lowest BCUT2D eigenvalue weighted by atomic mass is 10.2. The maximum atomic E-state index is 12.4. The summed E-state index contributed by atoms with van der Waals surface area (Å²) < 4.78 is 35.9. The second-order valence-corrected chi connectivity index (χ2v) is 4.72. The molecular weight excluding hydrogens is 308 g/mol. The van der Waals surface area contributed by atoms with Crippen LogP contribution in [0.1, 0.15) is 23.1 Å². The zero-order valence-corrected chi connectivity index (χ0v) is 13.0. The Labute approximate surface area is 132 Å². The van der Waals surface area contributed by atoms with Gasteiger partial charge in [0.25, 0.3) is 5.91 Å². The van der Waals surface area contributed by atoms with Crippen LogP contribution in [-0.4, -0.2) is 28.9 Å². The number of carbonyl (C=O) groups is 1. The Hall–Kier alpha value is -2.64. The van der Waals surface area contributed by atoms with Crippen molar-refractivity contribution in [1.29, 1.82) is 0 Å². The van der Waals surface area contributed by atoms with Crippen molar-refractivity contribution in [3.05, 3.63) is 35.7 Å². The van der Waals surface area contributed by atoms with Crippen LogP contribution in [-0.2, 0) is 7.05 Å². The molecule has 0 fully saturated rings. The van der Waals surface area contributed by atoms with Crippen molar-refractivity contribution in [2.24, 2.45) is 7.05 Å². The molecule has 1 heterocycles. The van der Waals surface area contributed by atoms with E-state index in [2.05, 4.69) is 15.2 Å². The summed E-state index contributed by atoms with van der Waals surface area (Å²) in [6.45, 7) is 0.865. The van der Waals surface area contributed by atoms with E-state index in [4.69, 9.17) is 4.74 Å². The van der Waals surface area contributed by atoms with Crippen LogP contribution in [0.3, 0.4) is 0 Å². The highest BCUT2D eigenvalue weighted by atomic mass is 19.3. The molecule has 1 N–H and O–H groups in total. The third kappa shape index (κ3) is 4.18. The SMILES string of the molecule is CCOc1cc(NC(=O)c2cc(C)n(C)n2)ccc1OC(F)F. The number of nitrogens with one attached hydrogen (secondary N) is 1. The van der Waals surface area contributed by atoms with Crippen LogP contribution in [0.4, 0.5) is 14.5 Å². The van der Waals surface area contributed by atoms with E-state index in [1.165, 1.54) is 18.2 Å². The van der Waals surface area contributed by atoms with Crippen LogP contribution in [0, 0.1) is 6.92 Å². The molecule has 0 bridgehead atoms. The zero-order chi connectivity index (χ0) is 17.0. The number of carbonyl (C=O) groups excluding carboxylic acids is 1. The van der Waals surface area contributed by atoms with E-state index in [9.17, 15) is 13.6 Å². The second-order valence-electron chi connectivity index (χ2n) is 4.72. The number of rotatable bonds is 6. The van der Waals surface area contributed by atoms with Crippen LogP contribution < -0.4 is 14.8 Å². The zero-order valence-electron chi connectivity index (χ0n) is 13.0. The molecule has 0 aliphatic rings. The van der Waals surface area contributed by atoms with E-state index in [1.54, 1.807) is 24.7 Å². The molecular formula is C15H17F2N3O3. The number of anilines is 1. The first kappa shape index (κ1) is 16.7. The van der Waals surface area contributed by atoms with Crippen LogP contribution >= 0.6 is 0 Å². The predicted molar refractivity (Wildman–Crippen MR) is 80.1 cm³/mol. The first-order valence-electron chi connectivity index (χ1n) is 6.94. The van der Waals surface area contributed by atoms with Crippen molar-refractivity contribution >= 4 is 11.6 Å². The molecule has 2 aromatic rings. The minimum absolute atomic E-state index is 0.0893. The number of benzene rings is 1. The van der Waals surface area contributed by atoms with Gasteiger partial charge < -0.3 is 14.8 Å². The third-order valence-electron chi connectivity index (χ3n) is 3.06. The van der Waals surface area contributed by atoms with E-state index < -0.39 is 12.5 Å². The van der Waals surface area contributed by atoms with Gasteiger partial charge in [0, 0.05) is 24.5 Å². The first-order valence-corrected chi connectivity index (χ1v) is 6.94. The fourth-order valence-electron chi connectivity index (χ4n) is 1.91. The molecule has 0 atom stereocenters. The molecule has 8 heteroatoms. The highest BCUT2D eigenvalue weighted by molar-refractivity contribution is 6.03. The quantitative estimate of drug-likeness (QED) is 0.887. The average molecular weight is 325 g/mol. The molecule has 1 aromatic heterocycles. The summed E-state index contributed by atoms with van der Waals surface area (Å²) in [5.74, 6) is -0.366. The van der Waals surface area contributed by atoms with E-state index in [1.807, 2.05) is 6.92 Å². The Morgan fingerprint density at radius 3 is 2.65 bits per heavy atom. The summed E-state index contributed by atoms with van der Waals surface area (Å²) in [7, 11) is 1.73. The van der Waals surface area contributed by atoms with E-state index in [0.717, 1.165) is 5.69 Å². The summed E-state index contributed by atoms with van der Waals surface area (Å²) in [6.07, 6.45) is 0. The van der Waals surface area contributed by atoms with Gasteiger partial charge in [0.2, 0.25) is 0 Å². The molecule has 0 saturated heterocycles. The maximum absolute atomic E-state index is 12.4. The summed E-state index contributed by atoms with van der Waals surface area (Å²) in [5, 5.41) is 6.71. The number of amides is 1. The Morgan fingerprint density at radius 1 is 1.35 bits per heavy atom. The number of hydrogen-bond acceptors (Lipinski definition) is 4. The smallest absolute Gasteiger partial charge is 0.387 e. The number of alkyl halides is 2. The van der Waals surface area contributed by atoms with Gasteiger partial charge in [0.15, 0.2) is 17.2 Å². The number of halogens is 2. The van der Waals surface area contributed by atoms with Crippen molar-refractivity contribution in [3.8, 4) is 11.5 Å². The molecule has 0 radical (unpaired) electrons. The molecule has 6 nitrogen and oxygen atoms in total. The number of hydrogen-bond donors (Lipinski definition) is 1. The van der Waals surface area contributed by atoms with Crippen molar-refractivity contribution in [3.63, 3.8) is 0 Å². The molecule has 0 aliphatic carbocycles. The Bertz CT molecular complexity index is 682. The van der Waals surface area contributed by atoms with E-state index in [-0.39, 0.29) is 23.8 Å². The molecule has 2 rings (SSSR count). The van der Waals surface area contributed by atoms with Gasteiger partial charge in [-0.2, -0.15) is 13.9 Å². The molecule has 0 unspecified atom stereocenters. The number of nitrogens with zero attached hydrogens (tertiary/aromatic N) is 2. The maximum Gasteiger partial charge on any atom is 0.387 e. The molecule has 0 saturated carbocycles.